The van der Waals surface area contributed by atoms with E-state index >= 15 is 0 Å². The van der Waals surface area contributed by atoms with Gasteiger partial charge in [0.25, 0.3) is 0 Å². The van der Waals surface area contributed by atoms with E-state index in [0.717, 1.165) is 52.5 Å². The van der Waals surface area contributed by atoms with Crippen LogP contribution in [0.1, 0.15) is 55.6 Å². The minimum absolute atomic E-state index is 0.141. The van der Waals surface area contributed by atoms with Gasteiger partial charge in [0.05, 0.1) is 12.1 Å². The lowest BCUT2D eigenvalue weighted by Gasteiger charge is -2.71. The predicted molar refractivity (Wildman–Crippen MR) is 157 cm³/mol. The van der Waals surface area contributed by atoms with Gasteiger partial charge in [-0.3, -0.25) is 0 Å². The first kappa shape index (κ1) is 24.0. The Morgan fingerprint density at radius 2 is 1.90 bits per heavy atom. The van der Waals surface area contributed by atoms with E-state index in [1.165, 1.54) is 49.7 Å². The number of ether oxygens (including phenoxy) is 1. The van der Waals surface area contributed by atoms with Crippen molar-refractivity contribution < 1.29 is 9.84 Å². The second kappa shape index (κ2) is 8.02. The molecule has 3 unspecified atom stereocenters. The number of aromatic hydroxyl groups is 1. The molecule has 7 nitrogen and oxygen atoms in total. The van der Waals surface area contributed by atoms with E-state index in [9.17, 15) is 5.11 Å². The lowest BCUT2D eigenvalue weighted by atomic mass is 9.32. The van der Waals surface area contributed by atoms with E-state index in [0.29, 0.717) is 36.5 Å². The summed E-state index contributed by atoms with van der Waals surface area (Å²) in [5.41, 5.74) is 6.05. The lowest BCUT2D eigenvalue weighted by Crippen LogP contribution is -2.64. The van der Waals surface area contributed by atoms with Crippen LogP contribution in [0.5, 0.6) is 11.8 Å². The van der Waals surface area contributed by atoms with Gasteiger partial charge in [0.15, 0.2) is 0 Å². The molecule has 7 aliphatic rings. The number of piperazine rings is 1. The van der Waals surface area contributed by atoms with Crippen molar-refractivity contribution in [3.8, 4) is 22.9 Å². The largest absolute Gasteiger partial charge is 0.508 e. The van der Waals surface area contributed by atoms with Crippen molar-refractivity contribution in [3.63, 3.8) is 0 Å². The minimum atomic E-state index is 0.141. The summed E-state index contributed by atoms with van der Waals surface area (Å²) in [5, 5.41) is 16.0. The van der Waals surface area contributed by atoms with Gasteiger partial charge in [0.1, 0.15) is 11.6 Å². The number of hydrogen-bond acceptors (Lipinski definition) is 7. The molecule has 2 saturated heterocycles. The molecule has 0 amide bonds. The number of benzene rings is 2. The molecule has 1 spiro atoms. The lowest BCUT2D eigenvalue weighted by molar-refractivity contribution is -0.0679. The van der Waals surface area contributed by atoms with Crippen molar-refractivity contribution in [2.75, 3.05) is 45.2 Å². The second-order valence-electron chi connectivity index (χ2n) is 14.0. The zero-order valence-corrected chi connectivity index (χ0v) is 24.0. The fraction of sp³-hybridized carbons (Fsp3) is 0.562. The summed E-state index contributed by atoms with van der Waals surface area (Å²) < 4.78 is 6.51. The zero-order valence-electron chi connectivity index (χ0n) is 23.2. The SMILES string of the molecule is CN(C)CC1(COc2nc(N3CC4CCC(C3)N4)c3cc(Cl)c4c(c3n2)C2C3CC2(C3)c2ccc(O)cc2-4)CC1. The zero-order chi connectivity index (χ0) is 27.0. The normalized spacial score (nSPS) is 31.8. The highest BCUT2D eigenvalue weighted by Crippen LogP contribution is 2.78. The number of halogens is 1. The molecule has 0 radical (unpaired) electrons. The molecule has 40 heavy (non-hydrogen) atoms. The van der Waals surface area contributed by atoms with Crippen molar-refractivity contribution in [2.24, 2.45) is 11.3 Å². The number of nitrogens with zero attached hydrogens (tertiary/aromatic N) is 4. The smallest absolute Gasteiger partial charge is 0.318 e. The number of hydrogen-bond donors (Lipinski definition) is 2. The van der Waals surface area contributed by atoms with E-state index in [1.54, 1.807) is 0 Å². The topological polar surface area (TPSA) is 73.8 Å². The molecule has 5 aliphatic carbocycles. The molecular formula is C32H36ClN5O2. The van der Waals surface area contributed by atoms with E-state index in [2.05, 4.69) is 41.3 Å². The van der Waals surface area contributed by atoms with Gasteiger partial charge in [-0.05, 0) is 99.3 Å². The Morgan fingerprint density at radius 3 is 2.58 bits per heavy atom. The first-order valence-electron chi connectivity index (χ1n) is 15.0. The average molecular weight is 558 g/mol. The van der Waals surface area contributed by atoms with Crippen molar-refractivity contribution in [2.45, 2.75) is 61.9 Å². The van der Waals surface area contributed by atoms with Crippen LogP contribution in [-0.4, -0.2) is 72.4 Å². The van der Waals surface area contributed by atoms with Gasteiger partial charge >= 0.3 is 6.01 Å². The van der Waals surface area contributed by atoms with Crippen LogP contribution >= 0.6 is 11.6 Å². The summed E-state index contributed by atoms with van der Waals surface area (Å²) in [6, 6.07) is 9.45. The van der Waals surface area contributed by atoms with Crippen LogP contribution in [0.2, 0.25) is 5.02 Å². The van der Waals surface area contributed by atoms with Gasteiger partial charge in [-0.15, -0.1) is 0 Å². The summed E-state index contributed by atoms with van der Waals surface area (Å²) in [7, 11) is 4.27. The van der Waals surface area contributed by atoms with Crippen molar-refractivity contribution in [1.29, 1.82) is 0 Å². The van der Waals surface area contributed by atoms with Gasteiger partial charge in [-0.25, -0.2) is 0 Å². The number of anilines is 1. The molecule has 10 rings (SSSR count). The number of phenols is 1. The highest BCUT2D eigenvalue weighted by atomic mass is 35.5. The maximum Gasteiger partial charge on any atom is 0.318 e. The van der Waals surface area contributed by atoms with Gasteiger partial charge in [0.2, 0.25) is 0 Å². The van der Waals surface area contributed by atoms with E-state index < -0.39 is 0 Å². The molecule has 3 atom stereocenters. The van der Waals surface area contributed by atoms with Crippen LogP contribution in [0.15, 0.2) is 24.3 Å². The van der Waals surface area contributed by atoms with E-state index in [-0.39, 0.29) is 16.6 Å². The van der Waals surface area contributed by atoms with Crippen molar-refractivity contribution in [1.82, 2.24) is 20.2 Å². The minimum Gasteiger partial charge on any atom is -0.508 e. The Morgan fingerprint density at radius 1 is 1.12 bits per heavy atom. The molecule has 208 valence electrons. The number of nitrogens with one attached hydrogen (secondary N) is 1. The quantitative estimate of drug-likeness (QED) is 0.438. The molecule has 3 aromatic rings. The monoisotopic (exact) mass is 557 g/mol. The fourth-order valence-corrected chi connectivity index (χ4v) is 9.37. The fourth-order valence-electron chi connectivity index (χ4n) is 9.06. The third-order valence-electron chi connectivity index (χ3n) is 11.0. The summed E-state index contributed by atoms with van der Waals surface area (Å²) >= 11 is 7.19. The van der Waals surface area contributed by atoms with Crippen LogP contribution in [0.25, 0.3) is 22.0 Å². The second-order valence-corrected chi connectivity index (χ2v) is 14.4. The number of aromatic nitrogens is 2. The Balaban J connectivity index is 1.23. The first-order valence-corrected chi connectivity index (χ1v) is 15.4. The van der Waals surface area contributed by atoms with Crippen LogP contribution in [0, 0.1) is 11.3 Å². The molecule has 2 aliphatic heterocycles. The summed E-state index contributed by atoms with van der Waals surface area (Å²) in [6.07, 6.45) is 7.21. The molecule has 3 heterocycles. The Kier molecular flexibility index (Phi) is 4.82. The third kappa shape index (κ3) is 3.26. The Labute approximate surface area is 239 Å². The number of phenolic OH excluding ortho intramolecular Hbond substituents is 1. The Bertz CT molecular complexity index is 1570. The molecule has 1 aromatic heterocycles. The van der Waals surface area contributed by atoms with E-state index in [4.69, 9.17) is 26.3 Å². The molecule has 2 aromatic carbocycles. The summed E-state index contributed by atoms with van der Waals surface area (Å²) in [6.45, 7) is 3.54. The third-order valence-corrected chi connectivity index (χ3v) is 11.3. The number of rotatable bonds is 6. The highest BCUT2D eigenvalue weighted by molar-refractivity contribution is 6.35. The summed E-state index contributed by atoms with van der Waals surface area (Å²) in [4.78, 5) is 15.0. The molecule has 8 heteroatoms. The Hall–Kier alpha value is -2.61. The maximum absolute atomic E-state index is 10.5. The van der Waals surface area contributed by atoms with Crippen LogP contribution in [0.4, 0.5) is 5.82 Å². The van der Waals surface area contributed by atoms with Gasteiger partial charge in [0, 0.05) is 58.5 Å². The van der Waals surface area contributed by atoms with Crippen LogP contribution in [-0.2, 0) is 5.41 Å². The predicted octanol–water partition coefficient (Wildman–Crippen LogP) is 5.08. The molecule has 6 fully saturated rings. The first-order chi connectivity index (χ1) is 19.3. The van der Waals surface area contributed by atoms with Gasteiger partial charge in [-0.2, -0.15) is 9.97 Å². The molecular weight excluding hydrogens is 522 g/mol. The average Bonchev–Trinajstić information content (AvgIpc) is 3.55. The number of fused-ring (bicyclic) bond motifs is 7. The maximum atomic E-state index is 10.5. The van der Waals surface area contributed by atoms with Crippen LogP contribution < -0.4 is 15.0 Å². The van der Waals surface area contributed by atoms with Gasteiger partial charge in [-0.1, -0.05) is 17.7 Å². The standard InChI is InChI=1S/C32H36ClN5O2/c1-37(2)15-31(7-8-31)16-40-30-35-28-22(29(36-30)38-13-18-3-4-19(14-38)34-18)10-24(33)25-21-9-20(39)5-6-23(21)32-11-17(12-32)27(32)26(25)28/h5-6,9-10,17-19,27,34,39H,3-4,7-8,11-16H2,1-2H3. The molecule has 2 N–H and O–H groups in total. The van der Waals surface area contributed by atoms with E-state index in [1.807, 2.05) is 12.1 Å². The highest BCUT2D eigenvalue weighted by Gasteiger charge is 2.69. The van der Waals surface area contributed by atoms with Gasteiger partial charge < -0.3 is 25.0 Å². The summed E-state index contributed by atoms with van der Waals surface area (Å²) in [5.74, 6) is 2.32. The van der Waals surface area contributed by atoms with Crippen LogP contribution in [0.3, 0.4) is 0 Å². The van der Waals surface area contributed by atoms with Crippen molar-refractivity contribution >= 4 is 28.3 Å². The molecule has 4 saturated carbocycles. The van der Waals surface area contributed by atoms with Crippen molar-refractivity contribution in [3.05, 3.63) is 40.4 Å². The molecule has 4 bridgehead atoms.